The molecule has 0 aromatic carbocycles. The van der Waals surface area contributed by atoms with Crippen LogP contribution < -0.4 is 0 Å². The molecular formula is C8F7N5. The van der Waals surface area contributed by atoms with Crippen LogP contribution in [0, 0.1) is 22.7 Å². The van der Waals surface area contributed by atoms with Gasteiger partial charge in [0, 0.05) is 0 Å². The summed E-state index contributed by atoms with van der Waals surface area (Å²) in [4.78, 5) is 7.81. The largest absolute Gasteiger partial charge is 0.439 e. The molecule has 0 spiro atoms. The second-order valence-corrected chi connectivity index (χ2v) is 3.18. The molecule has 0 aliphatic heterocycles. The van der Waals surface area contributed by atoms with Gasteiger partial charge in [0.25, 0.3) is 0 Å². The summed E-state index contributed by atoms with van der Waals surface area (Å²) in [5, 5.41) is 16.7. The van der Waals surface area contributed by atoms with Gasteiger partial charge in [-0.15, -0.1) is 0 Å². The summed E-state index contributed by atoms with van der Waals surface area (Å²) in [5.74, 6) is -4.91. The molecule has 5 nitrogen and oxygen atoms in total. The average molecular weight is 299 g/mol. The predicted molar refractivity (Wildman–Crippen MR) is 44.2 cm³/mol. The standard InChI is InChI=1S/C8F7N5/c9-6(7(10,11)12,8(13,14)15)5-19-3(1-16)18-4(2-17)20-5. The number of aromatic nitrogens is 3. The molecule has 0 fully saturated rings. The first-order chi connectivity index (χ1) is 8.97. The smallest absolute Gasteiger partial charge is 0.214 e. The van der Waals surface area contributed by atoms with E-state index in [4.69, 9.17) is 10.5 Å². The molecule has 1 rings (SSSR count). The van der Waals surface area contributed by atoms with Gasteiger partial charge in [0.1, 0.15) is 12.1 Å². The van der Waals surface area contributed by atoms with Gasteiger partial charge in [-0.1, -0.05) is 0 Å². The highest BCUT2D eigenvalue weighted by molar-refractivity contribution is 5.22. The van der Waals surface area contributed by atoms with Gasteiger partial charge in [0.05, 0.1) is 0 Å². The molecule has 20 heavy (non-hydrogen) atoms. The molecule has 106 valence electrons. The molecule has 0 saturated heterocycles. The minimum atomic E-state index is -6.44. The third-order valence-electron chi connectivity index (χ3n) is 1.92. The van der Waals surface area contributed by atoms with Gasteiger partial charge in [0.15, 0.2) is 5.82 Å². The van der Waals surface area contributed by atoms with Crippen LogP contribution in [0.5, 0.6) is 0 Å². The quantitative estimate of drug-likeness (QED) is 0.739. The lowest BCUT2D eigenvalue weighted by Crippen LogP contribution is -2.51. The Bertz CT molecular complexity index is 559. The van der Waals surface area contributed by atoms with Crippen molar-refractivity contribution in [1.29, 1.82) is 10.5 Å². The van der Waals surface area contributed by atoms with Crippen LogP contribution in [0.25, 0.3) is 0 Å². The number of alkyl halides is 7. The molecule has 0 saturated carbocycles. The predicted octanol–water partition coefficient (Wildman–Crippen LogP) is 1.90. The highest BCUT2D eigenvalue weighted by Crippen LogP contribution is 2.51. The van der Waals surface area contributed by atoms with E-state index in [2.05, 4.69) is 15.0 Å². The Balaban J connectivity index is 3.70. The Labute approximate surface area is 105 Å². The summed E-state index contributed by atoms with van der Waals surface area (Å²) in [7, 11) is 0. The highest BCUT2D eigenvalue weighted by atomic mass is 19.4. The van der Waals surface area contributed by atoms with Gasteiger partial charge in [-0.05, 0) is 0 Å². The normalized spacial score (nSPS) is 12.7. The van der Waals surface area contributed by atoms with Crippen LogP contribution in [-0.2, 0) is 5.67 Å². The van der Waals surface area contributed by atoms with Crippen molar-refractivity contribution in [2.24, 2.45) is 0 Å². The third-order valence-corrected chi connectivity index (χ3v) is 1.92. The van der Waals surface area contributed by atoms with E-state index in [1.807, 2.05) is 0 Å². The van der Waals surface area contributed by atoms with Crippen molar-refractivity contribution in [3.05, 3.63) is 17.5 Å². The fraction of sp³-hybridized carbons (Fsp3) is 0.375. The Morgan fingerprint density at radius 1 is 0.700 bits per heavy atom. The second-order valence-electron chi connectivity index (χ2n) is 3.18. The third kappa shape index (κ3) is 2.32. The van der Waals surface area contributed by atoms with E-state index in [0.717, 1.165) is 12.1 Å². The van der Waals surface area contributed by atoms with E-state index in [-0.39, 0.29) is 0 Å². The molecule has 0 radical (unpaired) electrons. The molecule has 0 aliphatic carbocycles. The average Bonchev–Trinajstić information content (AvgIpc) is 2.34. The van der Waals surface area contributed by atoms with Gasteiger partial charge in [-0.25, -0.2) is 4.39 Å². The zero-order chi connectivity index (χ0) is 15.8. The maximum absolute atomic E-state index is 13.5. The molecule has 0 amide bonds. The first-order valence-electron chi connectivity index (χ1n) is 4.36. The summed E-state index contributed by atoms with van der Waals surface area (Å²) >= 11 is 0. The van der Waals surface area contributed by atoms with Crippen LogP contribution in [0.1, 0.15) is 17.5 Å². The van der Waals surface area contributed by atoms with E-state index in [0.29, 0.717) is 0 Å². The maximum Gasteiger partial charge on any atom is 0.439 e. The Kier molecular flexibility index (Phi) is 3.54. The lowest BCUT2D eigenvalue weighted by molar-refractivity contribution is -0.351. The Morgan fingerprint density at radius 2 is 1.05 bits per heavy atom. The zero-order valence-corrected chi connectivity index (χ0v) is 8.88. The van der Waals surface area contributed by atoms with Gasteiger partial charge in [-0.2, -0.15) is 51.8 Å². The van der Waals surface area contributed by atoms with Crippen molar-refractivity contribution in [3.8, 4) is 12.1 Å². The number of nitrogens with zero attached hydrogens (tertiary/aromatic N) is 5. The number of hydrogen-bond acceptors (Lipinski definition) is 5. The van der Waals surface area contributed by atoms with Gasteiger partial charge < -0.3 is 0 Å². The van der Waals surface area contributed by atoms with Crippen LogP contribution in [0.2, 0.25) is 0 Å². The summed E-state index contributed by atoms with van der Waals surface area (Å²) in [6.45, 7) is 0. The minimum absolute atomic E-state index is 1.00. The van der Waals surface area contributed by atoms with E-state index >= 15 is 0 Å². The Morgan fingerprint density at radius 3 is 1.30 bits per heavy atom. The topological polar surface area (TPSA) is 86.2 Å². The maximum atomic E-state index is 13.5. The molecule has 1 aromatic rings. The highest BCUT2D eigenvalue weighted by Gasteiger charge is 2.76. The number of rotatable bonds is 1. The monoisotopic (exact) mass is 299 g/mol. The fourth-order valence-electron chi connectivity index (χ4n) is 1.04. The molecule has 0 aliphatic rings. The zero-order valence-electron chi connectivity index (χ0n) is 8.88. The fourth-order valence-corrected chi connectivity index (χ4v) is 1.04. The molecule has 1 aromatic heterocycles. The summed E-state index contributed by atoms with van der Waals surface area (Å²) in [5.41, 5.74) is -5.92. The lowest BCUT2D eigenvalue weighted by Gasteiger charge is -2.28. The minimum Gasteiger partial charge on any atom is -0.214 e. The molecule has 12 heteroatoms. The van der Waals surface area contributed by atoms with Crippen LogP contribution in [0.4, 0.5) is 30.7 Å². The van der Waals surface area contributed by atoms with Crippen molar-refractivity contribution >= 4 is 0 Å². The molecule has 1 heterocycles. The summed E-state index contributed by atoms with van der Waals surface area (Å²) in [6.07, 6.45) is -12.9. The second kappa shape index (κ2) is 4.56. The van der Waals surface area contributed by atoms with E-state index < -0.39 is 35.5 Å². The van der Waals surface area contributed by atoms with Gasteiger partial charge in [-0.3, -0.25) is 0 Å². The number of nitriles is 2. The lowest BCUT2D eigenvalue weighted by atomic mass is 10.0. The summed E-state index contributed by atoms with van der Waals surface area (Å²) < 4.78 is 87.9. The van der Waals surface area contributed by atoms with Crippen LogP contribution in [-0.4, -0.2) is 27.3 Å². The van der Waals surface area contributed by atoms with Crippen molar-refractivity contribution in [3.63, 3.8) is 0 Å². The van der Waals surface area contributed by atoms with Crippen molar-refractivity contribution < 1.29 is 30.7 Å². The van der Waals surface area contributed by atoms with Crippen molar-refractivity contribution in [2.45, 2.75) is 18.0 Å². The number of hydrogen-bond donors (Lipinski definition) is 0. The van der Waals surface area contributed by atoms with Crippen molar-refractivity contribution in [2.75, 3.05) is 0 Å². The molecular weight excluding hydrogens is 299 g/mol. The van der Waals surface area contributed by atoms with Crippen LogP contribution in [0.15, 0.2) is 0 Å². The first-order valence-corrected chi connectivity index (χ1v) is 4.36. The van der Waals surface area contributed by atoms with E-state index in [1.165, 1.54) is 0 Å². The van der Waals surface area contributed by atoms with Crippen molar-refractivity contribution in [1.82, 2.24) is 15.0 Å². The molecule has 0 unspecified atom stereocenters. The van der Waals surface area contributed by atoms with E-state index in [1.54, 1.807) is 0 Å². The first kappa shape index (κ1) is 15.6. The van der Waals surface area contributed by atoms with Crippen LogP contribution in [0.3, 0.4) is 0 Å². The Hall–Kier alpha value is -2.50. The van der Waals surface area contributed by atoms with Gasteiger partial charge >= 0.3 is 18.0 Å². The van der Waals surface area contributed by atoms with Gasteiger partial charge in [0.2, 0.25) is 11.6 Å². The SMILES string of the molecule is N#Cc1nc(C#N)nc(C(F)(C(F)(F)F)C(F)(F)F)n1. The molecule has 0 atom stereocenters. The van der Waals surface area contributed by atoms with Crippen LogP contribution >= 0.6 is 0 Å². The molecule has 0 bridgehead atoms. The number of halogens is 7. The molecule has 0 N–H and O–H groups in total. The summed E-state index contributed by atoms with van der Waals surface area (Å²) in [6, 6.07) is 2.00. The van der Waals surface area contributed by atoms with E-state index in [9.17, 15) is 30.7 Å².